The molecule has 3 fully saturated rings. The molecule has 1 aromatic carbocycles. The number of rotatable bonds is 8. The van der Waals surface area contributed by atoms with Gasteiger partial charge in [-0.1, -0.05) is 25.3 Å². The average Bonchev–Trinajstić information content (AvgIpc) is 3.51. The number of halogens is 2. The Bertz CT molecular complexity index is 1130. The van der Waals surface area contributed by atoms with Gasteiger partial charge in [-0.15, -0.1) is 0 Å². The Labute approximate surface area is 235 Å². The molecule has 0 aromatic heterocycles. The molecule has 4 atom stereocenters. The summed E-state index contributed by atoms with van der Waals surface area (Å²) in [7, 11) is 2.71. The standard InChI is InChI=1S/C30H42F2N2O6/c1-29(2,3)16-34(32)27(36)24-17-7-8-18(13-17)25(24)33-26(35)20-14-23(21(31)15-22(20)38-5)40-19-9-11-30(4,12-10-19)28(37)39-6/h14-15,17-19,24-25H,7-13,16H2,1-6H3,(H,33,35)/t17-,18+,19-,24+,25-,30+/m1/s1. The van der Waals surface area contributed by atoms with E-state index in [0.29, 0.717) is 30.8 Å². The molecule has 0 spiro atoms. The van der Waals surface area contributed by atoms with Crippen molar-refractivity contribution in [1.29, 1.82) is 0 Å². The molecular weight excluding hydrogens is 522 g/mol. The number of benzene rings is 1. The van der Waals surface area contributed by atoms with E-state index in [9.17, 15) is 23.3 Å². The summed E-state index contributed by atoms with van der Waals surface area (Å²) in [6.07, 6.45) is 4.24. The fraction of sp³-hybridized carbons (Fsp3) is 0.700. The largest absolute Gasteiger partial charge is 0.496 e. The zero-order valence-corrected chi connectivity index (χ0v) is 24.4. The van der Waals surface area contributed by atoms with Crippen molar-refractivity contribution < 1.29 is 37.5 Å². The van der Waals surface area contributed by atoms with Gasteiger partial charge in [-0.05, 0) is 75.2 Å². The Hall–Kier alpha value is -2.91. The number of hydrogen-bond donors (Lipinski definition) is 1. The lowest BCUT2D eigenvalue weighted by Crippen LogP contribution is -2.50. The molecule has 0 saturated heterocycles. The number of hydrogen-bond acceptors (Lipinski definition) is 6. The number of fused-ring (bicyclic) bond motifs is 2. The summed E-state index contributed by atoms with van der Waals surface area (Å²) in [5.74, 6) is -2.68. The summed E-state index contributed by atoms with van der Waals surface area (Å²) < 4.78 is 46.1. The predicted molar refractivity (Wildman–Crippen MR) is 144 cm³/mol. The normalized spacial score (nSPS) is 29.6. The molecule has 8 nitrogen and oxygen atoms in total. The van der Waals surface area contributed by atoms with Crippen LogP contribution in [0.25, 0.3) is 0 Å². The van der Waals surface area contributed by atoms with E-state index in [1.165, 1.54) is 20.3 Å². The van der Waals surface area contributed by atoms with Crippen LogP contribution >= 0.6 is 0 Å². The number of carbonyl (C=O) groups is 3. The van der Waals surface area contributed by atoms with Gasteiger partial charge >= 0.3 is 5.97 Å². The van der Waals surface area contributed by atoms with Crippen LogP contribution in [-0.4, -0.2) is 55.8 Å². The van der Waals surface area contributed by atoms with Crippen molar-refractivity contribution in [3.8, 4) is 11.5 Å². The third kappa shape index (κ3) is 6.20. The minimum atomic E-state index is -0.669. The molecule has 3 aliphatic rings. The maximum absolute atomic E-state index is 15.0. The van der Waals surface area contributed by atoms with Gasteiger partial charge in [0.2, 0.25) is 0 Å². The number of nitrogens with zero attached hydrogens (tertiary/aromatic N) is 1. The van der Waals surface area contributed by atoms with E-state index in [-0.39, 0.29) is 47.5 Å². The maximum Gasteiger partial charge on any atom is 0.311 e. The minimum Gasteiger partial charge on any atom is -0.496 e. The molecule has 0 aliphatic heterocycles. The number of methoxy groups -OCH3 is 2. The lowest BCUT2D eigenvalue weighted by molar-refractivity contribution is -0.157. The lowest BCUT2D eigenvalue weighted by Gasteiger charge is -2.35. The third-order valence-corrected chi connectivity index (χ3v) is 8.86. The van der Waals surface area contributed by atoms with Crippen molar-refractivity contribution >= 4 is 17.8 Å². The Balaban J connectivity index is 1.50. The topological polar surface area (TPSA) is 94.2 Å². The van der Waals surface area contributed by atoms with Crippen molar-refractivity contribution in [2.45, 2.75) is 84.8 Å². The summed E-state index contributed by atoms with van der Waals surface area (Å²) in [5.41, 5.74) is -0.932. The van der Waals surface area contributed by atoms with Crippen molar-refractivity contribution in [3.63, 3.8) is 0 Å². The van der Waals surface area contributed by atoms with Gasteiger partial charge in [0.05, 0.1) is 43.8 Å². The molecule has 3 aliphatic carbocycles. The molecule has 2 amide bonds. The van der Waals surface area contributed by atoms with Gasteiger partial charge in [-0.25, -0.2) is 4.39 Å². The van der Waals surface area contributed by atoms with Crippen LogP contribution in [0.1, 0.15) is 83.0 Å². The molecule has 3 saturated carbocycles. The van der Waals surface area contributed by atoms with Gasteiger partial charge < -0.3 is 19.5 Å². The first-order valence-corrected chi connectivity index (χ1v) is 14.2. The lowest BCUT2D eigenvalue weighted by atomic mass is 9.75. The summed E-state index contributed by atoms with van der Waals surface area (Å²) in [6, 6.07) is 1.91. The Morgan fingerprint density at radius 3 is 2.30 bits per heavy atom. The van der Waals surface area contributed by atoms with Crippen molar-refractivity contribution in [1.82, 2.24) is 10.4 Å². The first-order valence-electron chi connectivity index (χ1n) is 14.2. The van der Waals surface area contributed by atoms with Gasteiger partial charge in [0, 0.05) is 12.1 Å². The molecule has 40 heavy (non-hydrogen) atoms. The SMILES string of the molecule is COc1cc(F)c(O[C@H]2CC[C@@](C)(C(=O)OC)CC2)cc1C(=O)N[C@@H]1[C@H]2CC[C@H](C2)[C@@H]1C(=O)N(F)CC(C)(C)C. The first kappa shape index (κ1) is 30.1. The first-order chi connectivity index (χ1) is 18.8. The Morgan fingerprint density at radius 1 is 1.05 bits per heavy atom. The van der Waals surface area contributed by atoms with Gasteiger partial charge in [0.15, 0.2) is 11.6 Å². The van der Waals surface area contributed by atoms with E-state index >= 15 is 0 Å². The third-order valence-electron chi connectivity index (χ3n) is 8.86. The van der Waals surface area contributed by atoms with Crippen molar-refractivity contribution in [2.75, 3.05) is 20.8 Å². The molecule has 0 unspecified atom stereocenters. The van der Waals surface area contributed by atoms with Crippen molar-refractivity contribution in [3.05, 3.63) is 23.5 Å². The zero-order valence-electron chi connectivity index (χ0n) is 24.4. The van der Waals surface area contributed by atoms with E-state index in [2.05, 4.69) is 5.32 Å². The second-order valence-electron chi connectivity index (χ2n) is 13.1. The molecular formula is C30H42F2N2O6. The van der Waals surface area contributed by atoms with Crippen LogP contribution in [0.4, 0.5) is 8.87 Å². The van der Waals surface area contributed by atoms with Gasteiger partial charge in [-0.3, -0.25) is 14.4 Å². The van der Waals surface area contributed by atoms with E-state index < -0.39 is 40.4 Å². The molecule has 2 bridgehead atoms. The molecule has 222 valence electrons. The van der Waals surface area contributed by atoms with Gasteiger partial charge in [0.25, 0.3) is 11.8 Å². The number of ether oxygens (including phenoxy) is 3. The van der Waals surface area contributed by atoms with E-state index in [4.69, 9.17) is 14.2 Å². The predicted octanol–water partition coefficient (Wildman–Crippen LogP) is 5.24. The molecule has 4 rings (SSSR count). The summed E-state index contributed by atoms with van der Waals surface area (Å²) >= 11 is 0. The quantitative estimate of drug-likeness (QED) is 0.343. The molecule has 10 heteroatoms. The highest BCUT2D eigenvalue weighted by Gasteiger charge is 2.53. The summed E-state index contributed by atoms with van der Waals surface area (Å²) in [4.78, 5) is 38.8. The van der Waals surface area contributed by atoms with E-state index in [0.717, 1.165) is 25.3 Å². The fourth-order valence-corrected chi connectivity index (χ4v) is 6.69. The van der Waals surface area contributed by atoms with Crippen LogP contribution in [0.3, 0.4) is 0 Å². The van der Waals surface area contributed by atoms with Crippen LogP contribution < -0.4 is 14.8 Å². The van der Waals surface area contributed by atoms with E-state index in [1.807, 2.05) is 27.7 Å². The molecule has 1 N–H and O–H groups in total. The number of carbonyl (C=O) groups excluding carboxylic acids is 3. The average molecular weight is 565 g/mol. The van der Waals surface area contributed by atoms with Crippen LogP contribution in [0.5, 0.6) is 11.5 Å². The smallest absolute Gasteiger partial charge is 0.311 e. The molecule has 0 heterocycles. The Kier molecular flexibility index (Phi) is 8.66. The highest BCUT2D eigenvalue weighted by Crippen LogP contribution is 2.49. The van der Waals surface area contributed by atoms with Crippen LogP contribution in [0.15, 0.2) is 12.1 Å². The molecule has 0 radical (unpaired) electrons. The maximum atomic E-state index is 15.0. The second kappa shape index (κ2) is 11.5. The van der Waals surface area contributed by atoms with Crippen LogP contribution in [-0.2, 0) is 14.3 Å². The fourth-order valence-electron chi connectivity index (χ4n) is 6.69. The Morgan fingerprint density at radius 2 is 1.70 bits per heavy atom. The summed E-state index contributed by atoms with van der Waals surface area (Å²) in [5, 5.41) is 3.26. The van der Waals surface area contributed by atoms with Crippen LogP contribution in [0.2, 0.25) is 0 Å². The minimum absolute atomic E-state index is 0.0111. The van der Waals surface area contributed by atoms with Gasteiger partial charge in [0.1, 0.15) is 5.75 Å². The number of esters is 1. The zero-order chi connectivity index (χ0) is 29.4. The number of nitrogens with one attached hydrogen (secondary N) is 1. The highest BCUT2D eigenvalue weighted by atomic mass is 19.2. The van der Waals surface area contributed by atoms with Crippen LogP contribution in [0, 0.1) is 34.4 Å². The monoisotopic (exact) mass is 564 g/mol. The summed E-state index contributed by atoms with van der Waals surface area (Å²) in [6.45, 7) is 7.40. The number of amides is 2. The van der Waals surface area contributed by atoms with Gasteiger partial charge in [-0.2, -0.15) is 5.12 Å². The molecule has 1 aromatic rings. The van der Waals surface area contributed by atoms with Crippen molar-refractivity contribution in [2.24, 2.45) is 28.6 Å². The highest BCUT2D eigenvalue weighted by molar-refractivity contribution is 5.98. The second-order valence-corrected chi connectivity index (χ2v) is 13.1. The van der Waals surface area contributed by atoms with E-state index in [1.54, 1.807) is 0 Å².